The summed E-state index contributed by atoms with van der Waals surface area (Å²) in [7, 11) is 0. The fourth-order valence-electron chi connectivity index (χ4n) is 14.8. The monoisotopic (exact) mass is 1610 g/mol. The van der Waals surface area contributed by atoms with Gasteiger partial charge in [0, 0.05) is 6.42 Å². The molecule has 3 fully saturated rings. The molecule has 0 spiro atoms. The lowest BCUT2D eigenvalue weighted by Gasteiger charge is -2.48. The molecule has 17 unspecified atom stereocenters. The van der Waals surface area contributed by atoms with Crippen LogP contribution in [0.4, 0.5) is 0 Å². The summed E-state index contributed by atoms with van der Waals surface area (Å²) in [5.41, 5.74) is 0. The maximum Gasteiger partial charge on any atom is 0.220 e. The predicted octanol–water partition coefficient (Wildman–Crippen LogP) is 17.8. The molecular formula is C95H165NO18. The smallest absolute Gasteiger partial charge is 0.220 e. The van der Waals surface area contributed by atoms with Crippen molar-refractivity contribution in [2.45, 2.75) is 446 Å². The van der Waals surface area contributed by atoms with E-state index in [2.05, 4.69) is 141 Å². The number of ether oxygens (including phenoxy) is 6. The second-order valence-corrected chi connectivity index (χ2v) is 32.0. The van der Waals surface area contributed by atoms with E-state index in [4.69, 9.17) is 28.4 Å². The second kappa shape index (κ2) is 73.1. The maximum atomic E-state index is 13.6. The van der Waals surface area contributed by atoms with Gasteiger partial charge in [-0.1, -0.05) is 367 Å². The Morgan fingerprint density at radius 2 is 0.605 bits per heavy atom. The Bertz CT molecular complexity index is 2530. The lowest BCUT2D eigenvalue weighted by Crippen LogP contribution is -2.66. The fraction of sp³-hybridized carbons (Fsp3) is 0.779. The van der Waals surface area contributed by atoms with Crippen molar-refractivity contribution < 1.29 is 89.4 Å². The molecule has 0 bridgehead atoms. The third-order valence-corrected chi connectivity index (χ3v) is 22.1. The van der Waals surface area contributed by atoms with Gasteiger partial charge in [0.2, 0.25) is 5.91 Å². The van der Waals surface area contributed by atoms with E-state index in [0.29, 0.717) is 12.8 Å². The lowest BCUT2D eigenvalue weighted by molar-refractivity contribution is -0.379. The van der Waals surface area contributed by atoms with Gasteiger partial charge in [0.1, 0.15) is 73.2 Å². The molecule has 3 rings (SSSR count). The number of aliphatic hydroxyl groups is 11. The van der Waals surface area contributed by atoms with Crippen molar-refractivity contribution in [1.82, 2.24) is 5.32 Å². The minimum atomic E-state index is -1.98. The number of unbranched alkanes of at least 4 members (excludes halogenated alkanes) is 37. The van der Waals surface area contributed by atoms with Crippen molar-refractivity contribution in [3.63, 3.8) is 0 Å². The van der Waals surface area contributed by atoms with E-state index in [9.17, 15) is 61.0 Å². The summed E-state index contributed by atoms with van der Waals surface area (Å²) in [6.45, 7) is 1.72. The summed E-state index contributed by atoms with van der Waals surface area (Å²) < 4.78 is 34.6. The van der Waals surface area contributed by atoms with Crippen LogP contribution in [0.15, 0.2) is 122 Å². The quantitative estimate of drug-likeness (QED) is 0.0199. The van der Waals surface area contributed by atoms with Crippen LogP contribution in [0.25, 0.3) is 0 Å². The van der Waals surface area contributed by atoms with E-state index in [1.165, 1.54) is 186 Å². The van der Waals surface area contributed by atoms with Crippen LogP contribution in [-0.2, 0) is 33.2 Å². The molecule has 3 aliphatic heterocycles. The molecule has 19 nitrogen and oxygen atoms in total. The Labute approximate surface area is 690 Å². The largest absolute Gasteiger partial charge is 0.394 e. The van der Waals surface area contributed by atoms with E-state index >= 15 is 0 Å². The number of rotatable bonds is 73. The molecule has 0 aromatic rings. The molecule has 0 radical (unpaired) electrons. The molecule has 3 saturated heterocycles. The Kier molecular flexibility index (Phi) is 67.0. The minimum absolute atomic E-state index is 0.248. The Hall–Kier alpha value is -3.81. The van der Waals surface area contributed by atoms with Crippen LogP contribution >= 0.6 is 0 Å². The molecule has 1 amide bonds. The zero-order valence-electron chi connectivity index (χ0n) is 71.0. The highest BCUT2D eigenvalue weighted by atomic mass is 16.8. The van der Waals surface area contributed by atoms with Crippen LogP contribution in [0.3, 0.4) is 0 Å². The maximum absolute atomic E-state index is 13.6. The number of amides is 1. The van der Waals surface area contributed by atoms with E-state index in [0.717, 1.165) is 122 Å². The number of carbonyl (C=O) groups excluding carboxylic acids is 1. The van der Waals surface area contributed by atoms with Gasteiger partial charge in [0.05, 0.1) is 38.6 Å². The average Bonchev–Trinajstić information content (AvgIpc) is 0.782. The standard InChI is InChI=1S/C95H165NO18/c1-3-5-7-9-11-13-15-17-19-21-23-25-27-29-31-33-34-35-36-37-38-39-40-41-42-43-44-45-47-49-51-53-55-57-59-61-63-65-67-69-71-73-83(101)96-78(79(100)72-70-68-66-64-62-60-58-56-54-52-50-48-46-32-30-28-26-24-22-20-18-16-14-12-10-8-6-4-2)77-109-93-89(107)86(104)91(81(75-98)111-93)114-95-90(108)87(105)92(82(76-99)112-95)113-94-88(106)85(103)84(102)80(74-97)110-94/h5,7,11,13,17,19,23,25,29,31,34-35,37-38,40-41,43-44,47,49,78-82,84-95,97-100,102-108H,3-4,6,8-10,12,14-16,18,20-22,24,26-28,30,32-33,36,39,42,45-46,48,50-77H2,1-2H3,(H,96,101)/b7-5-,13-11-,19-17-,25-23-,31-29-,35-34-,38-37-,41-40-,44-43-,49-47-. The van der Waals surface area contributed by atoms with Crippen molar-refractivity contribution in [1.29, 1.82) is 0 Å². The highest BCUT2D eigenvalue weighted by Crippen LogP contribution is 2.34. The third-order valence-electron chi connectivity index (χ3n) is 22.1. The Morgan fingerprint density at radius 3 is 0.947 bits per heavy atom. The number of hydrogen-bond acceptors (Lipinski definition) is 18. The first kappa shape index (κ1) is 104. The first-order chi connectivity index (χ1) is 55.8. The first-order valence-corrected chi connectivity index (χ1v) is 45.8. The fourth-order valence-corrected chi connectivity index (χ4v) is 14.8. The van der Waals surface area contributed by atoms with Crippen molar-refractivity contribution in [2.75, 3.05) is 26.4 Å². The van der Waals surface area contributed by atoms with E-state index in [1.807, 2.05) is 0 Å². The number of carbonyl (C=O) groups is 1. The molecule has 114 heavy (non-hydrogen) atoms. The lowest BCUT2D eigenvalue weighted by atomic mass is 9.96. The molecule has 12 N–H and O–H groups in total. The highest BCUT2D eigenvalue weighted by molar-refractivity contribution is 5.76. The van der Waals surface area contributed by atoms with E-state index in [-0.39, 0.29) is 18.9 Å². The first-order valence-electron chi connectivity index (χ1n) is 45.8. The number of hydrogen-bond donors (Lipinski definition) is 12. The summed E-state index contributed by atoms with van der Waals surface area (Å²) in [6.07, 6.45) is 77.2. The van der Waals surface area contributed by atoms with Gasteiger partial charge in [-0.05, 0) is 89.9 Å². The zero-order chi connectivity index (χ0) is 82.4. The van der Waals surface area contributed by atoms with Crippen LogP contribution < -0.4 is 5.32 Å². The predicted molar refractivity (Wildman–Crippen MR) is 461 cm³/mol. The molecule has 17 atom stereocenters. The molecule has 0 aliphatic carbocycles. The van der Waals surface area contributed by atoms with Gasteiger partial charge in [-0.25, -0.2) is 0 Å². The Morgan fingerprint density at radius 1 is 0.325 bits per heavy atom. The van der Waals surface area contributed by atoms with Gasteiger partial charge in [-0.15, -0.1) is 0 Å². The molecule has 19 heteroatoms. The van der Waals surface area contributed by atoms with Crippen molar-refractivity contribution in [3.05, 3.63) is 122 Å². The van der Waals surface area contributed by atoms with Crippen molar-refractivity contribution in [2.24, 2.45) is 0 Å². The van der Waals surface area contributed by atoms with Crippen LogP contribution in [0.2, 0.25) is 0 Å². The molecular weight excluding hydrogens is 1440 g/mol. The van der Waals surface area contributed by atoms with Crippen LogP contribution in [0.1, 0.15) is 341 Å². The second-order valence-electron chi connectivity index (χ2n) is 32.0. The van der Waals surface area contributed by atoms with Gasteiger partial charge in [0.15, 0.2) is 18.9 Å². The molecule has 3 aliphatic rings. The average molecular weight is 1610 g/mol. The van der Waals surface area contributed by atoms with Gasteiger partial charge >= 0.3 is 0 Å². The van der Waals surface area contributed by atoms with Crippen molar-refractivity contribution >= 4 is 5.91 Å². The van der Waals surface area contributed by atoms with Gasteiger partial charge < -0.3 is 89.9 Å². The van der Waals surface area contributed by atoms with E-state index in [1.54, 1.807) is 0 Å². The molecule has 0 saturated carbocycles. The number of allylic oxidation sites excluding steroid dienone is 20. The Balaban J connectivity index is 1.32. The van der Waals surface area contributed by atoms with Crippen molar-refractivity contribution in [3.8, 4) is 0 Å². The van der Waals surface area contributed by atoms with E-state index < -0.39 is 124 Å². The summed E-state index contributed by atoms with van der Waals surface area (Å²) in [5, 5.41) is 121. The zero-order valence-corrected chi connectivity index (χ0v) is 71.0. The SMILES string of the molecule is CC/C=C\C/C=C\C/C=C\C/C=C\C/C=C\C/C=C\C/C=C\C/C=C\C/C=C\C/C=C\CCCCCCCCCCCCC(=O)NC(COC1OC(CO)C(OC2OC(CO)C(OC3OC(CO)C(O)C(O)C3O)C(O)C2O)C(O)C1O)C(O)CCCCCCCCCCCCCCCCCCCCCCCCCCCCCC. The number of aliphatic hydroxyl groups excluding tert-OH is 11. The summed E-state index contributed by atoms with van der Waals surface area (Å²) in [6, 6.07) is -0.900. The van der Waals surface area contributed by atoms with Gasteiger partial charge in [-0.2, -0.15) is 0 Å². The van der Waals surface area contributed by atoms with Gasteiger partial charge in [0.25, 0.3) is 0 Å². The minimum Gasteiger partial charge on any atom is -0.394 e. The normalized spacial score (nSPS) is 25.3. The molecule has 0 aromatic carbocycles. The molecule has 658 valence electrons. The molecule has 0 aromatic heterocycles. The van der Waals surface area contributed by atoms with Gasteiger partial charge in [-0.3, -0.25) is 4.79 Å². The van der Waals surface area contributed by atoms with Crippen LogP contribution in [0, 0.1) is 0 Å². The summed E-state index contributed by atoms with van der Waals surface area (Å²) >= 11 is 0. The molecule has 3 heterocycles. The topological polar surface area (TPSA) is 307 Å². The third kappa shape index (κ3) is 51.0. The summed E-state index contributed by atoms with van der Waals surface area (Å²) in [4.78, 5) is 13.6. The van der Waals surface area contributed by atoms with Crippen LogP contribution in [-0.4, -0.2) is 193 Å². The number of nitrogens with one attached hydrogen (secondary N) is 1. The van der Waals surface area contributed by atoms with Crippen LogP contribution in [0.5, 0.6) is 0 Å². The highest BCUT2D eigenvalue weighted by Gasteiger charge is 2.54. The summed E-state index contributed by atoms with van der Waals surface area (Å²) in [5.74, 6) is -0.248.